The molecule has 11 heteroatoms. The molecule has 0 aliphatic carbocycles. The Morgan fingerprint density at radius 1 is 1.50 bits per heavy atom. The van der Waals surface area contributed by atoms with Gasteiger partial charge in [-0.15, -0.1) is 0 Å². The van der Waals surface area contributed by atoms with Crippen LogP contribution in [-0.4, -0.2) is 25.7 Å². The summed E-state index contributed by atoms with van der Waals surface area (Å²) in [5, 5.41) is 8.35. The highest BCUT2D eigenvalue weighted by atomic mass is 35.5. The Hall–Kier alpha value is -2.36. The number of carbonyl (C=O) groups is 1. The van der Waals surface area contributed by atoms with Crippen molar-refractivity contribution in [2.75, 3.05) is 0 Å². The van der Waals surface area contributed by atoms with Crippen molar-refractivity contribution < 1.29 is 18.0 Å². The molecule has 2 aromatic rings. The lowest BCUT2D eigenvalue weighted by Crippen LogP contribution is -2.34. The molecule has 1 amide bonds. The van der Waals surface area contributed by atoms with Crippen molar-refractivity contribution in [1.82, 2.24) is 25.1 Å². The number of H-pyrrole nitrogens is 1. The highest BCUT2D eigenvalue weighted by Crippen LogP contribution is 2.29. The minimum absolute atomic E-state index is 0.315. The molecule has 0 aromatic carbocycles. The summed E-state index contributed by atoms with van der Waals surface area (Å²) in [6, 6.07) is -0.0587. The number of nitrogens with one attached hydrogen (secondary N) is 2. The average molecular weight is 364 g/mol. The quantitative estimate of drug-likeness (QED) is 0.866. The number of alkyl halides is 3. The average Bonchev–Trinajstić information content (AvgIpc) is 2.89. The van der Waals surface area contributed by atoms with Crippen molar-refractivity contribution >= 4 is 17.5 Å². The second-order valence-corrected chi connectivity index (χ2v) is 5.48. The fourth-order valence-electron chi connectivity index (χ4n) is 1.93. The van der Waals surface area contributed by atoms with E-state index in [1.165, 1.54) is 0 Å². The first-order valence-electron chi connectivity index (χ1n) is 6.73. The zero-order valence-corrected chi connectivity index (χ0v) is 13.4. The molecule has 2 N–H and O–H groups in total. The molecule has 2 aromatic heterocycles. The maximum absolute atomic E-state index is 12.8. The number of halogens is 4. The Kier molecular flexibility index (Phi) is 4.97. The summed E-state index contributed by atoms with van der Waals surface area (Å²) in [4.78, 5) is 27.8. The number of nitrogens with zero attached hydrogens (tertiary/aromatic N) is 3. The normalized spacial score (nSPS) is 12.9. The van der Waals surface area contributed by atoms with Gasteiger partial charge in [-0.25, -0.2) is 4.98 Å². The SMILES string of the molecule is Cc1nc([C@H](C)NC(=O)Cn2cc(C(F)(F)F)cc(Cl)c2=O)n[nH]1. The topological polar surface area (TPSA) is 92.7 Å². The molecule has 0 spiro atoms. The van der Waals surface area contributed by atoms with Crippen molar-refractivity contribution in [2.24, 2.45) is 0 Å². The minimum atomic E-state index is -4.68. The number of hydrogen-bond donors (Lipinski definition) is 2. The lowest BCUT2D eigenvalue weighted by Gasteiger charge is -2.14. The predicted octanol–water partition coefficient (Wildman–Crippen LogP) is 1.82. The number of aromatic amines is 1. The number of pyridine rings is 1. The number of rotatable bonds is 4. The second-order valence-electron chi connectivity index (χ2n) is 5.08. The van der Waals surface area contributed by atoms with Gasteiger partial charge in [0.05, 0.1) is 11.6 Å². The highest BCUT2D eigenvalue weighted by molar-refractivity contribution is 6.30. The standard InChI is InChI=1S/C13H13ClF3N5O2/c1-6(11-19-7(2)20-21-11)18-10(23)5-22-4-8(13(15,16)17)3-9(14)12(22)24/h3-4,6H,5H2,1-2H3,(H,18,23)(H,19,20,21)/t6-/m0/s1. The molecule has 1 atom stereocenters. The third-order valence-electron chi connectivity index (χ3n) is 3.06. The summed E-state index contributed by atoms with van der Waals surface area (Å²) in [6.07, 6.45) is -4.13. The largest absolute Gasteiger partial charge is 0.417 e. The van der Waals surface area contributed by atoms with Crippen LogP contribution in [0.5, 0.6) is 0 Å². The molecule has 7 nitrogen and oxygen atoms in total. The number of aryl methyl sites for hydroxylation is 1. The van der Waals surface area contributed by atoms with Crippen LogP contribution in [0.1, 0.15) is 30.2 Å². The molecule has 0 radical (unpaired) electrons. The molecular weight excluding hydrogens is 351 g/mol. The van der Waals surface area contributed by atoms with E-state index in [2.05, 4.69) is 20.5 Å². The van der Waals surface area contributed by atoms with Crippen molar-refractivity contribution in [3.63, 3.8) is 0 Å². The van der Waals surface area contributed by atoms with Crippen molar-refractivity contribution in [1.29, 1.82) is 0 Å². The minimum Gasteiger partial charge on any atom is -0.345 e. The maximum atomic E-state index is 12.8. The Morgan fingerprint density at radius 2 is 2.17 bits per heavy atom. The first-order valence-corrected chi connectivity index (χ1v) is 7.11. The third-order valence-corrected chi connectivity index (χ3v) is 3.33. The molecule has 0 aliphatic rings. The van der Waals surface area contributed by atoms with Crippen LogP contribution in [0, 0.1) is 6.92 Å². The lowest BCUT2D eigenvalue weighted by atomic mass is 10.2. The van der Waals surface area contributed by atoms with Gasteiger partial charge in [-0.1, -0.05) is 11.6 Å². The third kappa shape index (κ3) is 4.13. The monoisotopic (exact) mass is 363 g/mol. The molecular formula is C13H13ClF3N5O2. The Morgan fingerprint density at radius 3 is 2.71 bits per heavy atom. The van der Waals surface area contributed by atoms with Gasteiger partial charge >= 0.3 is 6.18 Å². The van der Waals surface area contributed by atoms with E-state index in [1.54, 1.807) is 13.8 Å². The zero-order valence-electron chi connectivity index (χ0n) is 12.6. The van der Waals surface area contributed by atoms with Crippen LogP contribution in [0.15, 0.2) is 17.1 Å². The molecule has 2 rings (SSSR count). The molecule has 24 heavy (non-hydrogen) atoms. The van der Waals surface area contributed by atoms with Crippen LogP contribution in [0.2, 0.25) is 5.02 Å². The van der Waals surface area contributed by atoms with E-state index < -0.39 is 40.8 Å². The van der Waals surface area contributed by atoms with Crippen LogP contribution in [0.3, 0.4) is 0 Å². The van der Waals surface area contributed by atoms with E-state index >= 15 is 0 Å². The summed E-state index contributed by atoms with van der Waals surface area (Å²) in [7, 11) is 0. The Balaban J connectivity index is 2.17. The first-order chi connectivity index (χ1) is 11.1. The van der Waals surface area contributed by atoms with Gasteiger partial charge in [-0.05, 0) is 19.9 Å². The number of carbonyl (C=O) groups excluding carboxylic acids is 1. The van der Waals surface area contributed by atoms with Crippen molar-refractivity contribution in [3.05, 3.63) is 44.9 Å². The summed E-state index contributed by atoms with van der Waals surface area (Å²) >= 11 is 5.52. The van der Waals surface area contributed by atoms with Crippen molar-refractivity contribution in [3.8, 4) is 0 Å². The molecule has 2 heterocycles. The fourth-order valence-corrected chi connectivity index (χ4v) is 2.16. The molecule has 0 saturated carbocycles. The van der Waals surface area contributed by atoms with E-state index in [4.69, 9.17) is 11.6 Å². The van der Waals surface area contributed by atoms with Gasteiger partial charge in [-0.2, -0.15) is 18.3 Å². The zero-order chi connectivity index (χ0) is 18.1. The number of amides is 1. The number of aromatic nitrogens is 4. The second kappa shape index (κ2) is 6.63. The van der Waals surface area contributed by atoms with Gasteiger partial charge in [0.25, 0.3) is 5.56 Å². The summed E-state index contributed by atoms with van der Waals surface area (Å²) in [6.45, 7) is 2.66. The van der Waals surface area contributed by atoms with Gasteiger partial charge in [0, 0.05) is 6.20 Å². The smallest absolute Gasteiger partial charge is 0.345 e. The Bertz CT molecular complexity index is 815. The van der Waals surface area contributed by atoms with Crippen LogP contribution >= 0.6 is 11.6 Å². The van der Waals surface area contributed by atoms with E-state index in [0.29, 0.717) is 28.5 Å². The summed E-state index contributed by atoms with van der Waals surface area (Å²) in [5.74, 6) is 0.185. The molecule has 0 unspecified atom stereocenters. The van der Waals surface area contributed by atoms with Gasteiger partial charge < -0.3 is 9.88 Å². The molecule has 0 saturated heterocycles. The highest BCUT2D eigenvalue weighted by Gasteiger charge is 2.32. The first kappa shape index (κ1) is 18.0. The van der Waals surface area contributed by atoms with E-state index in [0.717, 1.165) is 0 Å². The van der Waals surface area contributed by atoms with Gasteiger partial charge in [-0.3, -0.25) is 14.7 Å². The van der Waals surface area contributed by atoms with Crippen LogP contribution in [0.4, 0.5) is 13.2 Å². The fraction of sp³-hybridized carbons (Fsp3) is 0.385. The van der Waals surface area contributed by atoms with Gasteiger partial charge in [0.2, 0.25) is 5.91 Å². The van der Waals surface area contributed by atoms with Crippen LogP contribution < -0.4 is 10.9 Å². The molecule has 0 fully saturated rings. The van der Waals surface area contributed by atoms with E-state index in [1.807, 2.05) is 0 Å². The van der Waals surface area contributed by atoms with Crippen molar-refractivity contribution in [2.45, 2.75) is 32.6 Å². The van der Waals surface area contributed by atoms with Crippen LogP contribution in [0.25, 0.3) is 0 Å². The molecule has 0 aliphatic heterocycles. The Labute approximate surface area is 138 Å². The maximum Gasteiger partial charge on any atom is 0.417 e. The lowest BCUT2D eigenvalue weighted by molar-refractivity contribution is -0.138. The predicted molar refractivity (Wildman–Crippen MR) is 78.4 cm³/mol. The molecule has 130 valence electrons. The summed E-state index contributed by atoms with van der Waals surface area (Å²) in [5.41, 5.74) is -2.00. The van der Waals surface area contributed by atoms with Gasteiger partial charge in [0.1, 0.15) is 17.4 Å². The van der Waals surface area contributed by atoms with Crippen LogP contribution in [-0.2, 0) is 17.5 Å². The van der Waals surface area contributed by atoms with E-state index in [9.17, 15) is 22.8 Å². The summed E-state index contributed by atoms with van der Waals surface area (Å²) < 4.78 is 38.9. The van der Waals surface area contributed by atoms with E-state index in [-0.39, 0.29) is 0 Å². The van der Waals surface area contributed by atoms with Gasteiger partial charge in [0.15, 0.2) is 5.82 Å². The molecule has 0 bridgehead atoms. The number of hydrogen-bond acceptors (Lipinski definition) is 4.